The maximum absolute atomic E-state index is 14.1. The van der Waals surface area contributed by atoms with Crippen LogP contribution in [-0.2, 0) is 5.92 Å². The van der Waals surface area contributed by atoms with E-state index in [1.54, 1.807) is 12.1 Å². The second-order valence-corrected chi connectivity index (χ2v) is 4.04. The van der Waals surface area contributed by atoms with Crippen molar-refractivity contribution in [2.24, 2.45) is 5.92 Å². The smallest absolute Gasteiger partial charge is 0.277 e. The lowest BCUT2D eigenvalue weighted by molar-refractivity contribution is -0.0576. The van der Waals surface area contributed by atoms with E-state index in [9.17, 15) is 8.78 Å². The zero-order chi connectivity index (χ0) is 11.6. The number of benzene rings is 1. The molecule has 0 aliphatic carbocycles. The monoisotopic (exact) mass is 227 g/mol. The van der Waals surface area contributed by atoms with Crippen LogP contribution in [0.4, 0.5) is 8.78 Å². The molecule has 1 aliphatic rings. The predicted molar refractivity (Wildman–Crippen MR) is 57.9 cm³/mol. The first kappa shape index (κ1) is 11.3. The van der Waals surface area contributed by atoms with Crippen LogP contribution in [0.15, 0.2) is 24.3 Å². The lowest BCUT2D eigenvalue weighted by Crippen LogP contribution is -2.27. The van der Waals surface area contributed by atoms with E-state index in [0.29, 0.717) is 25.3 Å². The van der Waals surface area contributed by atoms with Crippen molar-refractivity contribution in [2.75, 3.05) is 20.2 Å². The molecular weight excluding hydrogens is 212 g/mol. The van der Waals surface area contributed by atoms with Gasteiger partial charge in [0.2, 0.25) is 0 Å². The molecule has 2 rings (SSSR count). The van der Waals surface area contributed by atoms with Crippen molar-refractivity contribution >= 4 is 0 Å². The van der Waals surface area contributed by atoms with E-state index in [2.05, 4.69) is 5.32 Å². The number of alkyl halides is 2. The third-order valence-electron chi connectivity index (χ3n) is 3.03. The highest BCUT2D eigenvalue weighted by molar-refractivity contribution is 5.31. The summed E-state index contributed by atoms with van der Waals surface area (Å²) >= 11 is 0. The summed E-state index contributed by atoms with van der Waals surface area (Å²) in [4.78, 5) is 0. The summed E-state index contributed by atoms with van der Waals surface area (Å²) in [7, 11) is 1.48. The molecule has 1 aromatic carbocycles. The number of methoxy groups -OCH3 is 1. The van der Waals surface area contributed by atoms with Crippen LogP contribution in [0.1, 0.15) is 12.0 Å². The summed E-state index contributed by atoms with van der Waals surface area (Å²) in [6.45, 7) is 1.05. The van der Waals surface area contributed by atoms with Gasteiger partial charge in [-0.2, -0.15) is 0 Å². The maximum Gasteiger partial charge on any atom is 0.277 e. The van der Waals surface area contributed by atoms with Crippen molar-refractivity contribution in [3.05, 3.63) is 29.8 Å². The number of ether oxygens (including phenoxy) is 1. The quantitative estimate of drug-likeness (QED) is 0.856. The van der Waals surface area contributed by atoms with Gasteiger partial charge in [-0.3, -0.25) is 0 Å². The normalized spacial score (nSPS) is 21.1. The van der Waals surface area contributed by atoms with Crippen molar-refractivity contribution in [3.63, 3.8) is 0 Å². The number of hydrogen-bond donors (Lipinski definition) is 1. The fourth-order valence-electron chi connectivity index (χ4n) is 2.03. The highest BCUT2D eigenvalue weighted by Crippen LogP contribution is 2.39. The van der Waals surface area contributed by atoms with E-state index in [-0.39, 0.29) is 5.56 Å². The van der Waals surface area contributed by atoms with Gasteiger partial charge in [-0.1, -0.05) is 12.1 Å². The number of halogens is 2. The van der Waals surface area contributed by atoms with Crippen molar-refractivity contribution in [2.45, 2.75) is 12.3 Å². The van der Waals surface area contributed by atoms with Crippen LogP contribution in [0.3, 0.4) is 0 Å². The Bertz CT molecular complexity index is 362. The molecule has 0 amide bonds. The molecule has 16 heavy (non-hydrogen) atoms. The fraction of sp³-hybridized carbons (Fsp3) is 0.500. The van der Waals surface area contributed by atoms with E-state index in [1.165, 1.54) is 19.2 Å². The summed E-state index contributed by atoms with van der Waals surface area (Å²) in [5, 5.41) is 2.97. The first-order valence-corrected chi connectivity index (χ1v) is 5.37. The van der Waals surface area contributed by atoms with Crippen molar-refractivity contribution in [1.82, 2.24) is 5.32 Å². The molecule has 0 saturated carbocycles. The summed E-state index contributed by atoms with van der Waals surface area (Å²) < 4.78 is 33.1. The number of nitrogens with one attached hydrogen (secondary N) is 1. The molecule has 1 fully saturated rings. The largest absolute Gasteiger partial charge is 0.497 e. The molecule has 1 saturated heterocycles. The Balaban J connectivity index is 2.26. The Morgan fingerprint density at radius 1 is 1.44 bits per heavy atom. The van der Waals surface area contributed by atoms with Gasteiger partial charge in [0.15, 0.2) is 0 Å². The summed E-state index contributed by atoms with van der Waals surface area (Å²) in [5.74, 6) is -2.92. The molecular formula is C12H15F2NO. The highest BCUT2D eigenvalue weighted by Gasteiger charge is 2.42. The summed E-state index contributed by atoms with van der Waals surface area (Å²) in [5.41, 5.74) is 0.0422. The molecule has 4 heteroatoms. The van der Waals surface area contributed by atoms with Gasteiger partial charge in [-0.25, -0.2) is 8.78 Å². The van der Waals surface area contributed by atoms with Crippen LogP contribution >= 0.6 is 0 Å². The number of hydrogen-bond acceptors (Lipinski definition) is 2. The molecule has 88 valence electrons. The van der Waals surface area contributed by atoms with Gasteiger partial charge in [-0.15, -0.1) is 0 Å². The molecule has 2 nitrogen and oxygen atoms in total. The van der Waals surface area contributed by atoms with E-state index < -0.39 is 11.8 Å². The second kappa shape index (κ2) is 4.37. The number of rotatable bonds is 3. The predicted octanol–water partition coefficient (Wildman–Crippen LogP) is 2.40. The fourth-order valence-corrected chi connectivity index (χ4v) is 2.03. The molecule has 1 atom stereocenters. The average Bonchev–Trinajstić information content (AvgIpc) is 2.83. The third-order valence-corrected chi connectivity index (χ3v) is 3.03. The Hall–Kier alpha value is -1.16. The van der Waals surface area contributed by atoms with Gasteiger partial charge in [-0.05, 0) is 25.1 Å². The molecule has 1 unspecified atom stereocenters. The van der Waals surface area contributed by atoms with Gasteiger partial charge in [0.05, 0.1) is 7.11 Å². The summed E-state index contributed by atoms with van der Waals surface area (Å²) in [6.07, 6.45) is 0.518. The van der Waals surface area contributed by atoms with Gasteiger partial charge in [0.25, 0.3) is 5.92 Å². The lowest BCUT2D eigenvalue weighted by Gasteiger charge is -2.23. The standard InChI is InChI=1S/C12H15F2NO/c1-16-11-4-2-3-9(7-11)12(13,14)10-5-6-15-8-10/h2-4,7,10,15H,5-6,8H2,1H3. The minimum absolute atomic E-state index is 0.0422. The Kier molecular flexibility index (Phi) is 3.10. The topological polar surface area (TPSA) is 21.3 Å². The minimum atomic E-state index is -2.78. The van der Waals surface area contributed by atoms with Gasteiger partial charge >= 0.3 is 0 Å². The van der Waals surface area contributed by atoms with Gasteiger partial charge in [0.1, 0.15) is 5.75 Å². The molecule has 1 aromatic rings. The molecule has 0 bridgehead atoms. The SMILES string of the molecule is COc1cccc(C(F)(F)C2CCNC2)c1. The Morgan fingerprint density at radius 3 is 2.88 bits per heavy atom. The van der Waals surface area contributed by atoms with Crippen LogP contribution in [0.2, 0.25) is 0 Å². The molecule has 1 N–H and O–H groups in total. The van der Waals surface area contributed by atoms with E-state index in [1.807, 2.05) is 0 Å². The van der Waals surface area contributed by atoms with Crippen LogP contribution < -0.4 is 10.1 Å². The molecule has 0 spiro atoms. The van der Waals surface area contributed by atoms with Crippen molar-refractivity contribution < 1.29 is 13.5 Å². The van der Waals surface area contributed by atoms with Crippen LogP contribution in [-0.4, -0.2) is 20.2 Å². The van der Waals surface area contributed by atoms with Crippen molar-refractivity contribution in [1.29, 1.82) is 0 Å². The molecule has 1 aliphatic heterocycles. The maximum atomic E-state index is 14.1. The first-order chi connectivity index (χ1) is 7.64. The Morgan fingerprint density at radius 2 is 2.25 bits per heavy atom. The van der Waals surface area contributed by atoms with E-state index in [4.69, 9.17) is 4.74 Å². The van der Waals surface area contributed by atoms with Crippen LogP contribution in [0.5, 0.6) is 5.75 Å². The lowest BCUT2D eigenvalue weighted by atomic mass is 9.94. The van der Waals surface area contributed by atoms with Crippen LogP contribution in [0, 0.1) is 5.92 Å². The van der Waals surface area contributed by atoms with Gasteiger partial charge in [0, 0.05) is 18.0 Å². The highest BCUT2D eigenvalue weighted by atomic mass is 19.3. The van der Waals surface area contributed by atoms with Crippen molar-refractivity contribution in [3.8, 4) is 5.75 Å². The van der Waals surface area contributed by atoms with E-state index >= 15 is 0 Å². The van der Waals surface area contributed by atoms with Crippen LogP contribution in [0.25, 0.3) is 0 Å². The zero-order valence-electron chi connectivity index (χ0n) is 9.17. The molecule has 0 aromatic heterocycles. The third kappa shape index (κ3) is 2.02. The van der Waals surface area contributed by atoms with E-state index in [0.717, 1.165) is 0 Å². The average molecular weight is 227 g/mol. The molecule has 1 heterocycles. The summed E-state index contributed by atoms with van der Waals surface area (Å²) in [6, 6.07) is 6.15. The van der Waals surface area contributed by atoms with Gasteiger partial charge < -0.3 is 10.1 Å². The first-order valence-electron chi connectivity index (χ1n) is 5.37. The Labute approximate surface area is 93.6 Å². The minimum Gasteiger partial charge on any atom is -0.497 e. The second-order valence-electron chi connectivity index (χ2n) is 4.04. The zero-order valence-corrected chi connectivity index (χ0v) is 9.17. The molecule has 0 radical (unpaired) electrons.